The molecule has 1 aromatic rings. The van der Waals surface area contributed by atoms with E-state index in [1.807, 2.05) is 0 Å². The van der Waals surface area contributed by atoms with Crippen molar-refractivity contribution < 1.29 is 9.18 Å². The van der Waals surface area contributed by atoms with Crippen molar-refractivity contribution in [3.63, 3.8) is 0 Å². The lowest BCUT2D eigenvalue weighted by atomic mass is 10.1. The lowest BCUT2D eigenvalue weighted by Crippen LogP contribution is -2.25. The van der Waals surface area contributed by atoms with Crippen LogP contribution in [0.15, 0.2) is 24.3 Å². The summed E-state index contributed by atoms with van der Waals surface area (Å²) in [6.45, 7) is 0.346. The average molecular weight is 194 g/mol. The van der Waals surface area contributed by atoms with Gasteiger partial charge >= 0.3 is 0 Å². The molecule has 1 aliphatic heterocycles. The van der Waals surface area contributed by atoms with Gasteiger partial charge in [-0.15, -0.1) is 0 Å². The fourth-order valence-corrected chi connectivity index (χ4v) is 1.58. The topological polar surface area (TPSA) is 32.3 Å². The van der Waals surface area contributed by atoms with Crippen LogP contribution < -0.4 is 5.32 Å². The van der Waals surface area contributed by atoms with Gasteiger partial charge in [0, 0.05) is 7.05 Å². The minimum absolute atomic E-state index is 0.0549. The third-order valence-electron chi connectivity index (χ3n) is 2.41. The Labute approximate surface area is 81.5 Å². The van der Waals surface area contributed by atoms with Gasteiger partial charge < -0.3 is 4.90 Å². The number of carbonyl (C=O) groups is 1. The number of hydrogen-bond acceptors (Lipinski definition) is 2. The highest BCUT2D eigenvalue weighted by Crippen LogP contribution is 2.20. The maximum atomic E-state index is 12.6. The minimum Gasteiger partial charge on any atom is -0.325 e. The van der Waals surface area contributed by atoms with Crippen molar-refractivity contribution in [3.8, 4) is 0 Å². The molecule has 0 radical (unpaired) electrons. The Hall–Kier alpha value is -1.42. The second-order valence-electron chi connectivity index (χ2n) is 3.34. The second kappa shape index (κ2) is 3.38. The Morgan fingerprint density at radius 2 is 2.07 bits per heavy atom. The van der Waals surface area contributed by atoms with Crippen LogP contribution in [0.4, 0.5) is 4.39 Å². The molecule has 2 rings (SSSR count). The van der Waals surface area contributed by atoms with Gasteiger partial charge in [0.25, 0.3) is 0 Å². The summed E-state index contributed by atoms with van der Waals surface area (Å²) in [5.74, 6) is -0.208. The van der Waals surface area contributed by atoms with Gasteiger partial charge in [-0.05, 0) is 17.7 Å². The largest absolute Gasteiger partial charge is 0.325 e. The Morgan fingerprint density at radius 3 is 2.57 bits per heavy atom. The van der Waals surface area contributed by atoms with Crippen LogP contribution in [0, 0.1) is 5.82 Å². The van der Waals surface area contributed by atoms with E-state index in [1.54, 1.807) is 24.1 Å². The van der Waals surface area contributed by atoms with Gasteiger partial charge in [-0.2, -0.15) is 0 Å². The summed E-state index contributed by atoms with van der Waals surface area (Å²) < 4.78 is 12.6. The van der Waals surface area contributed by atoms with E-state index in [1.165, 1.54) is 12.1 Å². The molecule has 1 aliphatic rings. The number of nitrogens with one attached hydrogen (secondary N) is 1. The van der Waals surface area contributed by atoms with E-state index in [-0.39, 0.29) is 17.9 Å². The van der Waals surface area contributed by atoms with Crippen LogP contribution >= 0.6 is 0 Å². The standard InChI is InChI=1S/C10H11FN2O/c1-13-9(14)6-12-10(13)7-2-4-8(11)5-3-7/h2-5,10,12H,6H2,1H3. The quantitative estimate of drug-likeness (QED) is 0.720. The van der Waals surface area contributed by atoms with E-state index < -0.39 is 0 Å². The summed E-state index contributed by atoms with van der Waals surface area (Å²) in [6.07, 6.45) is -0.122. The van der Waals surface area contributed by atoms with Crippen molar-refractivity contribution in [2.24, 2.45) is 0 Å². The van der Waals surface area contributed by atoms with Gasteiger partial charge in [0.15, 0.2) is 0 Å². The zero-order chi connectivity index (χ0) is 10.1. The first-order valence-corrected chi connectivity index (χ1v) is 4.43. The highest BCUT2D eigenvalue weighted by Gasteiger charge is 2.27. The van der Waals surface area contributed by atoms with Crippen LogP contribution in [0.2, 0.25) is 0 Å². The van der Waals surface area contributed by atoms with E-state index in [9.17, 15) is 9.18 Å². The number of rotatable bonds is 1. The number of nitrogens with zero attached hydrogens (tertiary/aromatic N) is 1. The molecule has 1 saturated heterocycles. The molecule has 74 valence electrons. The molecule has 4 heteroatoms. The van der Waals surface area contributed by atoms with E-state index in [4.69, 9.17) is 0 Å². The van der Waals surface area contributed by atoms with Crippen LogP contribution in [-0.2, 0) is 4.79 Å². The highest BCUT2D eigenvalue weighted by molar-refractivity contribution is 5.80. The molecule has 14 heavy (non-hydrogen) atoms. The number of benzene rings is 1. The summed E-state index contributed by atoms with van der Waals surface area (Å²) >= 11 is 0. The molecule has 0 aromatic heterocycles. The Morgan fingerprint density at radius 1 is 1.43 bits per heavy atom. The van der Waals surface area contributed by atoms with Gasteiger partial charge in [-0.1, -0.05) is 12.1 Å². The lowest BCUT2D eigenvalue weighted by molar-refractivity contribution is -0.126. The predicted molar refractivity (Wildman–Crippen MR) is 49.9 cm³/mol. The zero-order valence-electron chi connectivity index (χ0n) is 7.83. The highest BCUT2D eigenvalue weighted by atomic mass is 19.1. The van der Waals surface area contributed by atoms with E-state index in [0.717, 1.165) is 5.56 Å². The van der Waals surface area contributed by atoms with Crippen LogP contribution in [-0.4, -0.2) is 24.4 Å². The van der Waals surface area contributed by atoms with Crippen molar-refractivity contribution in [2.45, 2.75) is 6.17 Å². The van der Waals surface area contributed by atoms with Gasteiger partial charge in [0.1, 0.15) is 12.0 Å². The Kier molecular flexibility index (Phi) is 2.21. The summed E-state index contributed by atoms with van der Waals surface area (Å²) in [5.41, 5.74) is 0.903. The molecule has 0 spiro atoms. The van der Waals surface area contributed by atoms with Crippen LogP contribution in [0.5, 0.6) is 0 Å². The third kappa shape index (κ3) is 1.48. The summed E-state index contributed by atoms with van der Waals surface area (Å²) in [6, 6.07) is 6.16. The Bertz CT molecular complexity index is 350. The van der Waals surface area contributed by atoms with Crippen molar-refractivity contribution in [1.29, 1.82) is 0 Å². The monoisotopic (exact) mass is 194 g/mol. The molecule has 1 amide bonds. The molecular formula is C10H11FN2O. The van der Waals surface area contributed by atoms with Gasteiger partial charge in [0.05, 0.1) is 6.54 Å². The number of carbonyl (C=O) groups excluding carboxylic acids is 1. The molecule has 1 heterocycles. The first-order valence-electron chi connectivity index (χ1n) is 4.43. The smallest absolute Gasteiger partial charge is 0.237 e. The van der Waals surface area contributed by atoms with Gasteiger partial charge in [-0.3, -0.25) is 10.1 Å². The average Bonchev–Trinajstić information content (AvgIpc) is 2.50. The molecule has 0 saturated carbocycles. The van der Waals surface area contributed by atoms with Gasteiger partial charge in [0.2, 0.25) is 5.91 Å². The lowest BCUT2D eigenvalue weighted by Gasteiger charge is -2.19. The van der Waals surface area contributed by atoms with Crippen LogP contribution in [0.1, 0.15) is 11.7 Å². The number of halogens is 1. The molecule has 3 nitrogen and oxygen atoms in total. The van der Waals surface area contributed by atoms with E-state index in [2.05, 4.69) is 5.32 Å². The molecule has 1 atom stereocenters. The first kappa shape index (κ1) is 9.15. The van der Waals surface area contributed by atoms with Crippen LogP contribution in [0.3, 0.4) is 0 Å². The fraction of sp³-hybridized carbons (Fsp3) is 0.300. The van der Waals surface area contributed by atoms with Crippen molar-refractivity contribution in [1.82, 2.24) is 10.2 Å². The summed E-state index contributed by atoms with van der Waals surface area (Å²) in [5, 5.41) is 3.05. The SMILES string of the molecule is CN1C(=O)CNC1c1ccc(F)cc1. The number of amides is 1. The van der Waals surface area contributed by atoms with E-state index in [0.29, 0.717) is 6.54 Å². The number of hydrogen-bond donors (Lipinski definition) is 1. The molecular weight excluding hydrogens is 183 g/mol. The summed E-state index contributed by atoms with van der Waals surface area (Å²) in [7, 11) is 1.73. The maximum absolute atomic E-state index is 12.6. The summed E-state index contributed by atoms with van der Waals surface area (Å²) in [4.78, 5) is 12.8. The molecule has 1 fully saturated rings. The van der Waals surface area contributed by atoms with Crippen molar-refractivity contribution in [2.75, 3.05) is 13.6 Å². The van der Waals surface area contributed by atoms with Crippen LogP contribution in [0.25, 0.3) is 0 Å². The third-order valence-corrected chi connectivity index (χ3v) is 2.41. The van der Waals surface area contributed by atoms with Gasteiger partial charge in [-0.25, -0.2) is 4.39 Å². The molecule has 1 unspecified atom stereocenters. The normalized spacial score (nSPS) is 21.7. The number of likely N-dealkylation sites (N-methyl/N-ethyl adjacent to an activating group) is 1. The second-order valence-corrected chi connectivity index (χ2v) is 3.34. The minimum atomic E-state index is -0.263. The Balaban J connectivity index is 2.23. The van der Waals surface area contributed by atoms with Crippen molar-refractivity contribution >= 4 is 5.91 Å². The first-order chi connectivity index (χ1) is 6.68. The molecule has 0 aliphatic carbocycles. The molecule has 0 bridgehead atoms. The predicted octanol–water partition coefficient (Wildman–Crippen LogP) is 0.886. The zero-order valence-corrected chi connectivity index (χ0v) is 7.83. The maximum Gasteiger partial charge on any atom is 0.237 e. The van der Waals surface area contributed by atoms with Crippen molar-refractivity contribution in [3.05, 3.63) is 35.6 Å². The molecule has 1 N–H and O–H groups in total. The van der Waals surface area contributed by atoms with E-state index >= 15 is 0 Å². The molecule has 1 aromatic carbocycles. The fourth-order valence-electron chi connectivity index (χ4n) is 1.58.